The van der Waals surface area contributed by atoms with Crippen LogP contribution in [0.2, 0.25) is 5.02 Å². The number of hydrogen-bond acceptors (Lipinski definition) is 4. The van der Waals surface area contributed by atoms with Gasteiger partial charge in [-0.2, -0.15) is 0 Å². The summed E-state index contributed by atoms with van der Waals surface area (Å²) in [6.07, 6.45) is 0.624. The number of aryl methyl sites for hydroxylation is 1. The zero-order valence-electron chi connectivity index (χ0n) is 15.6. The van der Waals surface area contributed by atoms with Crippen LogP contribution in [0.4, 0.5) is 5.69 Å². The van der Waals surface area contributed by atoms with Crippen LogP contribution in [0.5, 0.6) is 5.75 Å². The van der Waals surface area contributed by atoms with Gasteiger partial charge in [-0.3, -0.25) is 4.79 Å². The smallest absolute Gasteiger partial charge is 0.255 e. The predicted molar refractivity (Wildman–Crippen MR) is 118 cm³/mol. The summed E-state index contributed by atoms with van der Waals surface area (Å²) in [7, 11) is 1.49. The highest BCUT2D eigenvalue weighted by Gasteiger charge is 2.15. The molecule has 3 rings (SSSR count). The number of ether oxygens (including phenoxy) is 1. The number of benzene rings is 2. The minimum Gasteiger partial charge on any atom is -0.496 e. The predicted octanol–water partition coefficient (Wildman–Crippen LogP) is 4.12. The SMILES string of the molecule is CCn1c(CCNC(=O)c2cc(Cl)c(N)cc2OC)nc2ccccc21.Cl.Cl. The number of amides is 1. The molecule has 28 heavy (non-hydrogen) atoms. The van der Waals surface area contributed by atoms with E-state index in [1.54, 1.807) is 6.07 Å². The number of nitrogen functional groups attached to an aromatic ring is 1. The third-order valence-electron chi connectivity index (χ3n) is 4.25. The Morgan fingerprint density at radius 1 is 1.29 bits per heavy atom. The lowest BCUT2D eigenvalue weighted by Crippen LogP contribution is -2.27. The van der Waals surface area contributed by atoms with E-state index in [4.69, 9.17) is 22.1 Å². The van der Waals surface area contributed by atoms with Gasteiger partial charge in [0.15, 0.2) is 0 Å². The second-order valence-corrected chi connectivity index (χ2v) is 6.25. The molecule has 0 bridgehead atoms. The first-order valence-electron chi connectivity index (χ1n) is 8.40. The van der Waals surface area contributed by atoms with E-state index in [2.05, 4.69) is 27.9 Å². The molecule has 0 atom stereocenters. The number of nitrogens with one attached hydrogen (secondary N) is 1. The number of aromatic nitrogens is 2. The summed E-state index contributed by atoms with van der Waals surface area (Å²) in [6.45, 7) is 3.36. The van der Waals surface area contributed by atoms with Crippen LogP contribution in [0.15, 0.2) is 36.4 Å². The number of methoxy groups -OCH3 is 1. The molecule has 0 saturated carbocycles. The lowest BCUT2D eigenvalue weighted by atomic mass is 10.1. The van der Waals surface area contributed by atoms with Gasteiger partial charge >= 0.3 is 0 Å². The number of nitrogens with zero attached hydrogens (tertiary/aromatic N) is 2. The summed E-state index contributed by atoms with van der Waals surface area (Å²) in [5.74, 6) is 1.07. The first-order valence-corrected chi connectivity index (χ1v) is 8.78. The van der Waals surface area contributed by atoms with Crippen LogP contribution in [-0.2, 0) is 13.0 Å². The summed E-state index contributed by atoms with van der Waals surface area (Å²) in [5, 5.41) is 3.22. The average molecular weight is 446 g/mol. The lowest BCUT2D eigenvalue weighted by Gasteiger charge is -2.11. The fourth-order valence-corrected chi connectivity index (χ4v) is 3.13. The van der Waals surface area contributed by atoms with Gasteiger partial charge in [0.25, 0.3) is 5.91 Å². The molecule has 0 aliphatic heterocycles. The normalized spacial score (nSPS) is 10.1. The fraction of sp³-hybridized carbons (Fsp3) is 0.263. The number of carbonyl (C=O) groups is 1. The Morgan fingerprint density at radius 2 is 2.00 bits per heavy atom. The Kier molecular flexibility index (Phi) is 8.88. The number of anilines is 1. The van der Waals surface area contributed by atoms with E-state index in [1.165, 1.54) is 13.2 Å². The van der Waals surface area contributed by atoms with Crippen molar-refractivity contribution in [3.05, 3.63) is 52.8 Å². The highest BCUT2D eigenvalue weighted by Crippen LogP contribution is 2.28. The second kappa shape index (κ2) is 10.4. The molecule has 152 valence electrons. The molecule has 1 heterocycles. The molecule has 1 amide bonds. The monoisotopic (exact) mass is 444 g/mol. The van der Waals surface area contributed by atoms with Crippen LogP contribution in [0.25, 0.3) is 11.0 Å². The lowest BCUT2D eigenvalue weighted by molar-refractivity contribution is 0.0951. The third-order valence-corrected chi connectivity index (χ3v) is 4.57. The maximum atomic E-state index is 12.5. The van der Waals surface area contributed by atoms with Crippen molar-refractivity contribution in [3.63, 3.8) is 0 Å². The minimum atomic E-state index is -0.261. The van der Waals surface area contributed by atoms with Crippen molar-refractivity contribution in [1.82, 2.24) is 14.9 Å². The van der Waals surface area contributed by atoms with Gasteiger partial charge in [0, 0.05) is 25.6 Å². The number of rotatable bonds is 6. The van der Waals surface area contributed by atoms with E-state index >= 15 is 0 Å². The number of hydrogen-bond donors (Lipinski definition) is 2. The number of imidazole rings is 1. The summed E-state index contributed by atoms with van der Waals surface area (Å²) >= 11 is 6.03. The van der Waals surface area contributed by atoms with E-state index < -0.39 is 0 Å². The van der Waals surface area contributed by atoms with Crippen LogP contribution in [0, 0.1) is 0 Å². The van der Waals surface area contributed by atoms with Crippen molar-refractivity contribution in [2.45, 2.75) is 19.9 Å². The molecule has 2 aromatic carbocycles. The van der Waals surface area contributed by atoms with Crippen molar-refractivity contribution in [2.24, 2.45) is 0 Å². The van der Waals surface area contributed by atoms with Gasteiger partial charge in [-0.05, 0) is 25.1 Å². The van der Waals surface area contributed by atoms with E-state index in [0.717, 1.165) is 23.4 Å². The van der Waals surface area contributed by atoms with Crippen LogP contribution >= 0.6 is 36.4 Å². The molecule has 1 aromatic heterocycles. The van der Waals surface area contributed by atoms with Crippen LogP contribution in [0.3, 0.4) is 0 Å². The summed E-state index contributed by atoms with van der Waals surface area (Å²) in [6, 6.07) is 11.1. The number of para-hydroxylation sites is 2. The van der Waals surface area contributed by atoms with Crippen LogP contribution < -0.4 is 15.8 Å². The molecule has 0 radical (unpaired) electrons. The molecule has 6 nitrogen and oxygen atoms in total. The fourth-order valence-electron chi connectivity index (χ4n) is 2.97. The summed E-state index contributed by atoms with van der Waals surface area (Å²) in [5.41, 5.74) is 8.55. The molecule has 3 aromatic rings. The first-order chi connectivity index (χ1) is 12.5. The quantitative estimate of drug-likeness (QED) is 0.559. The van der Waals surface area contributed by atoms with Crippen molar-refractivity contribution in [3.8, 4) is 5.75 Å². The largest absolute Gasteiger partial charge is 0.496 e. The van der Waals surface area contributed by atoms with Gasteiger partial charge in [0.1, 0.15) is 11.6 Å². The number of carbonyl (C=O) groups excluding carboxylic acids is 1. The first kappa shape index (κ1) is 23.9. The van der Waals surface area contributed by atoms with Gasteiger partial charge < -0.3 is 20.4 Å². The molecule has 0 aliphatic rings. The molecule has 3 N–H and O–H groups in total. The van der Waals surface area contributed by atoms with Crippen LogP contribution in [0.1, 0.15) is 23.1 Å². The number of halogens is 3. The maximum absolute atomic E-state index is 12.5. The molecule has 0 unspecified atom stereocenters. The zero-order chi connectivity index (χ0) is 18.7. The van der Waals surface area contributed by atoms with E-state index in [-0.39, 0.29) is 30.7 Å². The number of nitrogens with two attached hydrogens (primary N) is 1. The summed E-state index contributed by atoms with van der Waals surface area (Å²) in [4.78, 5) is 17.1. The van der Waals surface area contributed by atoms with Gasteiger partial charge in [0.05, 0.1) is 34.4 Å². The summed E-state index contributed by atoms with van der Waals surface area (Å²) < 4.78 is 7.38. The van der Waals surface area contributed by atoms with E-state index in [9.17, 15) is 4.79 Å². The van der Waals surface area contributed by atoms with Crippen molar-refractivity contribution >= 4 is 59.0 Å². The third kappa shape index (κ3) is 4.82. The maximum Gasteiger partial charge on any atom is 0.255 e. The van der Waals surface area contributed by atoms with Crippen LogP contribution in [-0.4, -0.2) is 29.1 Å². The Morgan fingerprint density at radius 3 is 2.68 bits per heavy atom. The highest BCUT2D eigenvalue weighted by atomic mass is 35.5. The van der Waals surface area contributed by atoms with E-state index in [1.807, 2.05) is 18.2 Å². The standard InChI is InChI=1S/C19H21ClN4O2.2ClH/c1-3-24-16-7-5-4-6-15(16)23-18(24)8-9-22-19(25)12-10-13(20)14(21)11-17(12)26-2;;/h4-7,10-11H,3,8-9,21H2,1-2H3,(H,22,25);2*1H. The molecule has 0 fully saturated rings. The topological polar surface area (TPSA) is 82.2 Å². The Balaban J connectivity index is 0.00000196. The Hall–Kier alpha value is -2.15. The van der Waals surface area contributed by atoms with Crippen molar-refractivity contribution in [2.75, 3.05) is 19.4 Å². The average Bonchev–Trinajstić information content (AvgIpc) is 3.00. The molecule has 0 spiro atoms. The van der Waals surface area contributed by atoms with Crippen molar-refractivity contribution < 1.29 is 9.53 Å². The molecular formula is C19H23Cl3N4O2. The molecule has 0 saturated heterocycles. The van der Waals surface area contributed by atoms with E-state index in [0.29, 0.717) is 35.0 Å². The molecule has 9 heteroatoms. The van der Waals surface area contributed by atoms with Gasteiger partial charge in [-0.15, -0.1) is 24.8 Å². The minimum absolute atomic E-state index is 0. The highest BCUT2D eigenvalue weighted by molar-refractivity contribution is 6.33. The van der Waals surface area contributed by atoms with Gasteiger partial charge in [-0.1, -0.05) is 23.7 Å². The Labute approximate surface area is 181 Å². The van der Waals surface area contributed by atoms with Crippen molar-refractivity contribution in [1.29, 1.82) is 0 Å². The molecule has 0 aliphatic carbocycles. The molecular weight excluding hydrogens is 423 g/mol. The number of fused-ring (bicyclic) bond motifs is 1. The zero-order valence-corrected chi connectivity index (χ0v) is 18.0. The second-order valence-electron chi connectivity index (χ2n) is 5.84. The van der Waals surface area contributed by atoms with Gasteiger partial charge in [-0.25, -0.2) is 4.98 Å². The van der Waals surface area contributed by atoms with Gasteiger partial charge in [0.2, 0.25) is 0 Å². The Bertz CT molecular complexity index is 960.